The number of carbonyl (C=O) groups is 1. The predicted octanol–water partition coefficient (Wildman–Crippen LogP) is 3.05. The number of aromatic nitrogens is 2. The van der Waals surface area contributed by atoms with E-state index in [1.807, 2.05) is 35.4 Å². The maximum atomic E-state index is 12.8. The number of hydrogen-bond donors (Lipinski definition) is 1. The first-order chi connectivity index (χ1) is 11.6. The van der Waals surface area contributed by atoms with Crippen molar-refractivity contribution in [3.05, 3.63) is 51.6 Å². The minimum Gasteiger partial charge on any atom is -0.311 e. The van der Waals surface area contributed by atoms with Crippen molar-refractivity contribution < 1.29 is 4.79 Å². The van der Waals surface area contributed by atoms with Crippen molar-refractivity contribution in [1.29, 1.82) is 0 Å². The van der Waals surface area contributed by atoms with Crippen LogP contribution in [0.3, 0.4) is 0 Å². The maximum Gasteiger partial charge on any atom is 0.260 e. The molecule has 24 heavy (non-hydrogen) atoms. The lowest BCUT2D eigenvalue weighted by molar-refractivity contribution is -0.117. The molecule has 5 nitrogen and oxygen atoms in total. The van der Waals surface area contributed by atoms with Gasteiger partial charge in [-0.2, -0.15) is 0 Å². The van der Waals surface area contributed by atoms with Crippen LogP contribution in [0.25, 0.3) is 10.2 Å². The molecule has 0 unspecified atom stereocenters. The third-order valence-electron chi connectivity index (χ3n) is 4.10. The van der Waals surface area contributed by atoms with E-state index in [1.54, 1.807) is 6.07 Å². The molecule has 3 heterocycles. The molecule has 0 fully saturated rings. The van der Waals surface area contributed by atoms with Crippen LogP contribution in [0.5, 0.6) is 0 Å². The molecule has 1 amide bonds. The van der Waals surface area contributed by atoms with Gasteiger partial charge in [0.05, 0.1) is 10.6 Å². The second kappa shape index (κ2) is 6.07. The van der Waals surface area contributed by atoms with Crippen LogP contribution in [0.2, 0.25) is 0 Å². The average molecular weight is 357 g/mol. The van der Waals surface area contributed by atoms with Crippen LogP contribution >= 0.6 is 23.1 Å². The highest BCUT2D eigenvalue weighted by molar-refractivity contribution is 8.00. The molecule has 1 atom stereocenters. The largest absolute Gasteiger partial charge is 0.311 e. The second-order valence-corrected chi connectivity index (χ2v) is 7.86. The normalized spacial score (nSPS) is 14.8. The predicted molar refractivity (Wildman–Crippen MR) is 98.1 cm³/mol. The highest BCUT2D eigenvalue weighted by Crippen LogP contribution is 2.31. The quantitative estimate of drug-likeness (QED) is 0.578. The van der Waals surface area contributed by atoms with Gasteiger partial charge in [-0.3, -0.25) is 9.59 Å². The highest BCUT2D eigenvalue weighted by Gasteiger charge is 2.28. The van der Waals surface area contributed by atoms with Gasteiger partial charge in [0.2, 0.25) is 5.91 Å². The van der Waals surface area contributed by atoms with E-state index >= 15 is 0 Å². The van der Waals surface area contributed by atoms with Gasteiger partial charge in [-0.15, -0.1) is 11.3 Å². The number of anilines is 1. The van der Waals surface area contributed by atoms with E-state index in [4.69, 9.17) is 0 Å². The smallest absolute Gasteiger partial charge is 0.260 e. The van der Waals surface area contributed by atoms with Crippen molar-refractivity contribution in [2.75, 3.05) is 11.4 Å². The molecule has 0 saturated heterocycles. The molecule has 1 aromatic carbocycles. The Bertz CT molecular complexity index is 979. The average Bonchev–Trinajstić information content (AvgIpc) is 3.20. The third-order valence-corrected chi connectivity index (χ3v) is 5.88. The van der Waals surface area contributed by atoms with E-state index in [9.17, 15) is 9.59 Å². The molecule has 0 radical (unpaired) electrons. The van der Waals surface area contributed by atoms with Crippen LogP contribution in [0, 0.1) is 0 Å². The summed E-state index contributed by atoms with van der Waals surface area (Å²) in [6.07, 6.45) is 0.884. The summed E-state index contributed by atoms with van der Waals surface area (Å²) in [5, 5.41) is 2.61. The number of benzene rings is 1. The lowest BCUT2D eigenvalue weighted by Crippen LogP contribution is -2.35. The third kappa shape index (κ3) is 2.63. The zero-order valence-corrected chi connectivity index (χ0v) is 14.6. The molecule has 0 bridgehead atoms. The number of nitrogens with one attached hydrogen (secondary N) is 1. The molecular weight excluding hydrogens is 342 g/mol. The molecule has 122 valence electrons. The summed E-state index contributed by atoms with van der Waals surface area (Å²) in [6.45, 7) is 2.56. The molecule has 3 aromatic rings. The van der Waals surface area contributed by atoms with Crippen molar-refractivity contribution in [3.63, 3.8) is 0 Å². The Morgan fingerprint density at radius 3 is 3.08 bits per heavy atom. The lowest BCUT2D eigenvalue weighted by atomic mass is 10.2. The van der Waals surface area contributed by atoms with Crippen LogP contribution in [-0.2, 0) is 11.2 Å². The van der Waals surface area contributed by atoms with E-state index in [0.29, 0.717) is 21.9 Å². The summed E-state index contributed by atoms with van der Waals surface area (Å²) in [4.78, 5) is 34.6. The number of thioether (sulfide) groups is 1. The van der Waals surface area contributed by atoms with Gasteiger partial charge < -0.3 is 9.88 Å². The van der Waals surface area contributed by atoms with Crippen molar-refractivity contribution in [1.82, 2.24) is 9.97 Å². The van der Waals surface area contributed by atoms with E-state index in [-0.39, 0.29) is 16.7 Å². The fourth-order valence-corrected chi connectivity index (χ4v) is 4.59. The molecule has 1 aliphatic rings. The monoisotopic (exact) mass is 357 g/mol. The molecule has 0 saturated carbocycles. The molecule has 1 aliphatic heterocycles. The Morgan fingerprint density at radius 1 is 1.38 bits per heavy atom. The standard InChI is InChI=1S/C17H15N3O2S2/c1-10(16(22)20-8-6-11-4-2-3-5-13(11)20)24-17-18-14(21)12-7-9-23-15(12)19-17/h2-5,7,9-10H,6,8H2,1H3,(H,18,19,21)/t10-/m0/s1. The summed E-state index contributed by atoms with van der Waals surface area (Å²) in [6, 6.07) is 9.75. The Morgan fingerprint density at radius 2 is 2.21 bits per heavy atom. The number of para-hydroxylation sites is 1. The van der Waals surface area contributed by atoms with Crippen LogP contribution in [0.15, 0.2) is 45.7 Å². The first-order valence-electron chi connectivity index (χ1n) is 7.67. The molecule has 0 spiro atoms. The second-order valence-electron chi connectivity index (χ2n) is 5.64. The maximum absolute atomic E-state index is 12.8. The SMILES string of the molecule is C[C@H](Sc1nc2sccc2c(=O)[nH]1)C(=O)N1CCc2ccccc21. The first kappa shape index (κ1) is 15.4. The Balaban J connectivity index is 1.56. The van der Waals surface area contributed by atoms with Gasteiger partial charge in [0.25, 0.3) is 5.56 Å². The Labute approximate surface area is 146 Å². The number of nitrogens with zero attached hydrogens (tertiary/aromatic N) is 2. The van der Waals surface area contributed by atoms with E-state index < -0.39 is 0 Å². The number of aromatic amines is 1. The van der Waals surface area contributed by atoms with Gasteiger partial charge in [0.1, 0.15) is 4.83 Å². The molecule has 4 rings (SSSR count). The minimum atomic E-state index is -0.322. The number of fused-ring (bicyclic) bond motifs is 2. The molecule has 7 heteroatoms. The number of amides is 1. The van der Waals surface area contributed by atoms with Gasteiger partial charge in [-0.1, -0.05) is 30.0 Å². The number of hydrogen-bond acceptors (Lipinski definition) is 5. The highest BCUT2D eigenvalue weighted by atomic mass is 32.2. The van der Waals surface area contributed by atoms with Crippen molar-refractivity contribution in [2.24, 2.45) is 0 Å². The van der Waals surface area contributed by atoms with Crippen LogP contribution in [-0.4, -0.2) is 27.7 Å². The van der Waals surface area contributed by atoms with Gasteiger partial charge >= 0.3 is 0 Å². The molecular formula is C17H15N3O2S2. The Kier molecular flexibility index (Phi) is 3.90. The van der Waals surface area contributed by atoms with Gasteiger partial charge in [-0.05, 0) is 36.4 Å². The lowest BCUT2D eigenvalue weighted by Gasteiger charge is -2.21. The number of thiophene rings is 1. The molecule has 1 N–H and O–H groups in total. The zero-order valence-electron chi connectivity index (χ0n) is 13.0. The summed E-state index contributed by atoms with van der Waals surface area (Å²) in [5.74, 6) is 0.0406. The Hall–Kier alpha value is -2.12. The summed E-state index contributed by atoms with van der Waals surface area (Å²) < 4.78 is 0. The number of carbonyl (C=O) groups excluding carboxylic acids is 1. The van der Waals surface area contributed by atoms with Crippen molar-refractivity contribution in [3.8, 4) is 0 Å². The van der Waals surface area contributed by atoms with Crippen molar-refractivity contribution in [2.45, 2.75) is 23.8 Å². The van der Waals surface area contributed by atoms with Gasteiger partial charge in [-0.25, -0.2) is 4.98 Å². The van der Waals surface area contributed by atoms with Gasteiger partial charge in [0.15, 0.2) is 5.16 Å². The topological polar surface area (TPSA) is 66.1 Å². The number of rotatable bonds is 3. The van der Waals surface area contributed by atoms with Crippen molar-refractivity contribution >= 4 is 44.9 Å². The van der Waals surface area contributed by atoms with E-state index in [1.165, 1.54) is 28.7 Å². The van der Waals surface area contributed by atoms with Gasteiger partial charge in [0, 0.05) is 12.2 Å². The summed E-state index contributed by atoms with van der Waals surface area (Å²) >= 11 is 2.72. The summed E-state index contributed by atoms with van der Waals surface area (Å²) in [7, 11) is 0. The molecule has 2 aromatic heterocycles. The zero-order chi connectivity index (χ0) is 16.7. The minimum absolute atomic E-state index is 0.0406. The number of H-pyrrole nitrogens is 1. The van der Waals surface area contributed by atoms with Crippen LogP contribution in [0.4, 0.5) is 5.69 Å². The molecule has 0 aliphatic carbocycles. The summed E-state index contributed by atoms with van der Waals surface area (Å²) in [5.41, 5.74) is 2.04. The first-order valence-corrected chi connectivity index (χ1v) is 9.43. The van der Waals surface area contributed by atoms with Crippen LogP contribution in [0.1, 0.15) is 12.5 Å². The fourth-order valence-electron chi connectivity index (χ4n) is 2.91. The fraction of sp³-hybridized carbons (Fsp3) is 0.235. The van der Waals surface area contributed by atoms with Crippen LogP contribution < -0.4 is 10.5 Å². The van der Waals surface area contributed by atoms with E-state index in [0.717, 1.165) is 12.1 Å². The van der Waals surface area contributed by atoms with E-state index in [2.05, 4.69) is 16.0 Å².